The number of fused-ring (bicyclic) bond motifs is 1. The smallest absolute Gasteiger partial charge is 0.312 e. The summed E-state index contributed by atoms with van der Waals surface area (Å²) in [4.78, 5) is 57.6. The highest BCUT2D eigenvalue weighted by molar-refractivity contribution is 9.09. The van der Waals surface area contributed by atoms with Crippen LogP contribution >= 0.6 is 15.9 Å². The number of carbonyl (C=O) groups excluding carboxylic acids is 4. The highest BCUT2D eigenvalue weighted by Gasteiger charge is 2.77. The van der Waals surface area contributed by atoms with E-state index in [-0.39, 0.29) is 41.6 Å². The molecule has 3 aliphatic rings. The Balaban J connectivity index is 1.94. The van der Waals surface area contributed by atoms with Crippen molar-refractivity contribution in [3.8, 4) is 0 Å². The molecule has 0 aromatic carbocycles. The first kappa shape index (κ1) is 35.2. The molecule has 0 aliphatic carbocycles. The van der Waals surface area contributed by atoms with Gasteiger partial charge in [-0.2, -0.15) is 0 Å². The minimum Gasteiger partial charge on any atom is -0.460 e. The topological polar surface area (TPSA) is 125 Å². The lowest BCUT2D eigenvalue weighted by atomic mass is 9.70. The number of likely N-dealkylation sites (tertiary alicyclic amines) is 1. The van der Waals surface area contributed by atoms with Gasteiger partial charge >= 0.3 is 5.97 Å². The minimum atomic E-state index is -1.24. The van der Waals surface area contributed by atoms with Crippen molar-refractivity contribution in [2.24, 2.45) is 17.8 Å². The van der Waals surface area contributed by atoms with E-state index in [1.165, 1.54) is 4.90 Å². The second kappa shape index (κ2) is 15.7. The Kier molecular flexibility index (Phi) is 12.8. The van der Waals surface area contributed by atoms with Gasteiger partial charge in [0.25, 0.3) is 0 Å². The van der Waals surface area contributed by atoms with Crippen molar-refractivity contribution in [1.29, 1.82) is 0 Å². The fourth-order valence-electron chi connectivity index (χ4n) is 6.90. The third-order valence-corrected chi connectivity index (χ3v) is 9.60. The monoisotopic (exact) mass is 667 g/mol. The molecule has 0 aromatic rings. The lowest BCUT2D eigenvalue weighted by Gasteiger charge is -2.39. The Bertz CT molecular complexity index is 1040. The molecule has 11 heteroatoms. The Morgan fingerprint density at radius 3 is 2.58 bits per heavy atom. The number of esters is 1. The molecule has 2 bridgehead atoms. The van der Waals surface area contributed by atoms with Crippen molar-refractivity contribution in [2.75, 3.05) is 26.2 Å². The molecule has 3 fully saturated rings. The molecule has 1 spiro atoms. The second-order valence-electron chi connectivity index (χ2n) is 12.5. The summed E-state index contributed by atoms with van der Waals surface area (Å²) in [5.74, 6) is -3.08. The van der Waals surface area contributed by atoms with Gasteiger partial charge in [0, 0.05) is 24.3 Å². The molecule has 0 aromatic heterocycles. The number of ether oxygens (including phenoxy) is 2. The lowest BCUT2D eigenvalue weighted by Crippen LogP contribution is -2.59. The summed E-state index contributed by atoms with van der Waals surface area (Å²) in [5.41, 5.74) is -1.24. The molecule has 242 valence electrons. The zero-order chi connectivity index (χ0) is 31.9. The third-order valence-electron chi connectivity index (χ3n) is 8.75. The van der Waals surface area contributed by atoms with Crippen molar-refractivity contribution in [1.82, 2.24) is 15.1 Å². The molecule has 3 saturated heterocycles. The lowest BCUT2D eigenvalue weighted by molar-refractivity contribution is -0.160. The second-order valence-corrected chi connectivity index (χ2v) is 13.7. The van der Waals surface area contributed by atoms with E-state index in [2.05, 4.69) is 41.3 Å². The van der Waals surface area contributed by atoms with Crippen LogP contribution in [0.5, 0.6) is 0 Å². The van der Waals surface area contributed by atoms with Crippen LogP contribution in [0.15, 0.2) is 25.3 Å². The number of nitrogens with one attached hydrogen (secondary N) is 1. The molecule has 43 heavy (non-hydrogen) atoms. The van der Waals surface area contributed by atoms with Gasteiger partial charge in [-0.1, -0.05) is 61.7 Å². The molecule has 3 amide bonds. The first-order chi connectivity index (χ1) is 20.5. The molecule has 8 atom stereocenters. The van der Waals surface area contributed by atoms with Crippen LogP contribution in [0.3, 0.4) is 0 Å². The molecule has 2 N–H and O–H groups in total. The number of rotatable bonds is 18. The van der Waals surface area contributed by atoms with Crippen molar-refractivity contribution < 1.29 is 33.8 Å². The Morgan fingerprint density at radius 1 is 1.26 bits per heavy atom. The maximum absolute atomic E-state index is 14.4. The summed E-state index contributed by atoms with van der Waals surface area (Å²) < 4.78 is 12.4. The summed E-state index contributed by atoms with van der Waals surface area (Å²) >= 11 is 3.69. The number of nitrogens with zero attached hydrogens (tertiary/aromatic N) is 2. The highest BCUT2D eigenvalue weighted by Crippen LogP contribution is 2.61. The van der Waals surface area contributed by atoms with Crippen LogP contribution in [-0.2, 0) is 28.7 Å². The number of aliphatic hydroxyl groups is 1. The van der Waals surface area contributed by atoms with Crippen LogP contribution in [0.4, 0.5) is 0 Å². The fraction of sp³-hybridized carbons (Fsp3) is 0.750. The first-order valence-corrected chi connectivity index (χ1v) is 16.6. The van der Waals surface area contributed by atoms with Gasteiger partial charge in [0.05, 0.1) is 37.1 Å². The van der Waals surface area contributed by atoms with E-state index < -0.39 is 47.7 Å². The van der Waals surface area contributed by atoms with Crippen LogP contribution in [0, 0.1) is 17.8 Å². The van der Waals surface area contributed by atoms with Crippen molar-refractivity contribution >= 4 is 39.6 Å². The molecule has 3 aliphatic heterocycles. The number of hydrogen-bond donors (Lipinski definition) is 2. The van der Waals surface area contributed by atoms with E-state index in [4.69, 9.17) is 9.47 Å². The molecule has 0 radical (unpaired) electrons. The SMILES string of the molecule is C=CCCC(=O)NC[C@H](C)OC(=O)[C@H]1[C@@H]2O[C@@]3(CC2Br)[C@@H]1C(=O)N([C@@H](CO)CC(C)C)[C@@H]3C(=O)N(CC=C)CCCCC. The molecule has 3 heterocycles. The maximum Gasteiger partial charge on any atom is 0.312 e. The number of aliphatic hydroxyl groups excluding tert-OH is 1. The number of alkyl halides is 1. The average Bonchev–Trinajstić information content (AvgIpc) is 3.56. The summed E-state index contributed by atoms with van der Waals surface area (Å²) in [5, 5.41) is 13.2. The van der Waals surface area contributed by atoms with Gasteiger partial charge in [-0.25, -0.2) is 0 Å². The zero-order valence-corrected chi connectivity index (χ0v) is 27.7. The number of halogens is 1. The predicted molar refractivity (Wildman–Crippen MR) is 167 cm³/mol. The van der Waals surface area contributed by atoms with E-state index in [9.17, 15) is 24.3 Å². The van der Waals surface area contributed by atoms with Gasteiger partial charge in [-0.3, -0.25) is 19.2 Å². The number of hydrogen-bond acceptors (Lipinski definition) is 7. The van der Waals surface area contributed by atoms with Gasteiger partial charge < -0.3 is 29.7 Å². The van der Waals surface area contributed by atoms with Gasteiger partial charge in [0.1, 0.15) is 17.7 Å². The van der Waals surface area contributed by atoms with Crippen LogP contribution < -0.4 is 5.32 Å². The quantitative estimate of drug-likeness (QED) is 0.0994. The number of amides is 3. The van der Waals surface area contributed by atoms with E-state index >= 15 is 0 Å². The van der Waals surface area contributed by atoms with E-state index in [1.807, 2.05) is 13.8 Å². The zero-order valence-electron chi connectivity index (χ0n) is 26.1. The van der Waals surface area contributed by atoms with Crippen LogP contribution in [0.25, 0.3) is 0 Å². The average molecular weight is 669 g/mol. The molecular formula is C32H50BrN3O7. The van der Waals surface area contributed by atoms with Crippen molar-refractivity contribution in [3.05, 3.63) is 25.3 Å². The number of allylic oxidation sites excluding steroid dienone is 1. The van der Waals surface area contributed by atoms with Gasteiger partial charge in [-0.05, 0) is 38.5 Å². The molecule has 3 rings (SSSR count). The normalized spacial score (nSPS) is 28.9. The van der Waals surface area contributed by atoms with Crippen LogP contribution in [-0.4, -0.2) is 99.6 Å². The van der Waals surface area contributed by atoms with E-state index in [0.717, 1.165) is 19.3 Å². The van der Waals surface area contributed by atoms with E-state index in [1.54, 1.807) is 24.0 Å². The first-order valence-electron chi connectivity index (χ1n) is 15.7. The van der Waals surface area contributed by atoms with E-state index in [0.29, 0.717) is 38.8 Å². The summed E-state index contributed by atoms with van der Waals surface area (Å²) in [7, 11) is 0. The molecule has 10 nitrogen and oxygen atoms in total. The predicted octanol–water partition coefficient (Wildman–Crippen LogP) is 3.36. The molecule has 1 unspecified atom stereocenters. The van der Waals surface area contributed by atoms with Gasteiger partial charge in [0.2, 0.25) is 17.7 Å². The van der Waals surface area contributed by atoms with Gasteiger partial charge in [0.15, 0.2) is 0 Å². The Morgan fingerprint density at radius 2 is 1.98 bits per heavy atom. The Hall–Kier alpha value is -2.24. The Labute approximate surface area is 264 Å². The summed E-state index contributed by atoms with van der Waals surface area (Å²) in [6, 6.07) is -1.60. The maximum atomic E-state index is 14.4. The largest absolute Gasteiger partial charge is 0.460 e. The minimum absolute atomic E-state index is 0.129. The van der Waals surface area contributed by atoms with Crippen molar-refractivity contribution in [3.63, 3.8) is 0 Å². The van der Waals surface area contributed by atoms with Crippen LogP contribution in [0.1, 0.15) is 72.6 Å². The van der Waals surface area contributed by atoms with Crippen LogP contribution in [0.2, 0.25) is 0 Å². The van der Waals surface area contributed by atoms with Gasteiger partial charge in [-0.15, -0.1) is 13.2 Å². The number of carbonyl (C=O) groups is 4. The third kappa shape index (κ3) is 7.53. The summed E-state index contributed by atoms with van der Waals surface area (Å²) in [6.45, 7) is 15.9. The van der Waals surface area contributed by atoms with Crippen molar-refractivity contribution in [2.45, 2.75) is 107 Å². The summed E-state index contributed by atoms with van der Waals surface area (Å²) in [6.07, 6.45) is 6.51. The standard InChI is InChI=1S/C32H50BrN3O7/c1-7-10-12-15-35(14-9-3)30(40)28-32-17-23(33)27(43-32)25(26(32)29(39)36(28)22(19-37)16-20(4)5)31(41)42-21(6)18-34-24(38)13-11-8-2/h8-9,20-23,25-28,37H,2-3,7,10-19H2,1,4-6H3,(H,34,38)/t21-,22+,23?,25+,26-,27+,28+,32-/m0/s1. The highest BCUT2D eigenvalue weighted by atomic mass is 79.9. The number of unbranched alkanes of at least 4 members (excludes halogenated alkanes) is 2. The fourth-order valence-corrected chi connectivity index (χ4v) is 7.84. The molecular weight excluding hydrogens is 618 g/mol. The molecule has 0 saturated carbocycles.